The topological polar surface area (TPSA) is 83.2 Å². The van der Waals surface area contributed by atoms with Crippen LogP contribution in [0.15, 0.2) is 48.5 Å². The smallest absolute Gasteiger partial charge is 0.232 e. The molecule has 0 amide bonds. The van der Waals surface area contributed by atoms with E-state index in [0.717, 1.165) is 42.6 Å². The largest absolute Gasteiger partial charge is 0.369 e. The molecule has 150 valence electrons. The minimum absolute atomic E-state index is 0.192. The third-order valence-corrected chi connectivity index (χ3v) is 5.16. The lowest BCUT2D eigenvalue weighted by molar-refractivity contribution is 0.244. The van der Waals surface area contributed by atoms with Crippen molar-refractivity contribution >= 4 is 46.5 Å². The lowest BCUT2D eigenvalue weighted by Gasteiger charge is -2.35. The number of hydrogen-bond donors (Lipinski definition) is 2. The Kier molecular flexibility index (Phi) is 5.99. The molecule has 0 saturated carbocycles. The fourth-order valence-electron chi connectivity index (χ4n) is 3.30. The molecule has 1 aliphatic rings. The minimum Gasteiger partial charge on any atom is -0.369 e. The van der Waals surface area contributed by atoms with Crippen LogP contribution >= 0.6 is 23.2 Å². The fourth-order valence-corrected chi connectivity index (χ4v) is 3.67. The second-order valence-electron chi connectivity index (χ2n) is 6.81. The van der Waals surface area contributed by atoms with Crippen molar-refractivity contribution in [2.45, 2.75) is 6.54 Å². The van der Waals surface area contributed by atoms with E-state index in [-0.39, 0.29) is 5.95 Å². The van der Waals surface area contributed by atoms with Gasteiger partial charge in [0.15, 0.2) is 0 Å². The molecule has 2 aromatic carbocycles. The first-order valence-corrected chi connectivity index (χ1v) is 10.1. The highest BCUT2D eigenvalue weighted by Gasteiger charge is 2.19. The molecule has 2 heterocycles. The lowest BCUT2D eigenvalue weighted by atomic mass is 10.2. The Balaban J connectivity index is 1.39. The molecule has 0 spiro atoms. The quantitative estimate of drug-likeness (QED) is 0.637. The maximum absolute atomic E-state index is 6.11. The molecule has 7 nitrogen and oxygen atoms in total. The first-order valence-electron chi connectivity index (χ1n) is 9.31. The summed E-state index contributed by atoms with van der Waals surface area (Å²) in [5, 5.41) is 4.52. The third kappa shape index (κ3) is 5.26. The van der Waals surface area contributed by atoms with E-state index in [9.17, 15) is 0 Å². The Bertz CT molecular complexity index is 990. The number of rotatable bonds is 5. The van der Waals surface area contributed by atoms with Crippen molar-refractivity contribution in [3.63, 3.8) is 0 Å². The molecule has 29 heavy (non-hydrogen) atoms. The van der Waals surface area contributed by atoms with Gasteiger partial charge in [0, 0.05) is 47.6 Å². The van der Waals surface area contributed by atoms with Gasteiger partial charge >= 0.3 is 0 Å². The van der Waals surface area contributed by atoms with Gasteiger partial charge < -0.3 is 16.0 Å². The normalized spacial score (nSPS) is 14.8. The highest BCUT2D eigenvalue weighted by Crippen LogP contribution is 2.22. The number of aromatic nitrogens is 3. The number of nitrogens with two attached hydrogens (primary N) is 1. The van der Waals surface area contributed by atoms with Crippen molar-refractivity contribution in [1.29, 1.82) is 0 Å². The van der Waals surface area contributed by atoms with E-state index >= 15 is 0 Å². The van der Waals surface area contributed by atoms with Crippen LogP contribution in [-0.2, 0) is 6.54 Å². The first kappa shape index (κ1) is 19.7. The van der Waals surface area contributed by atoms with Gasteiger partial charge in [0.05, 0.1) is 6.54 Å². The van der Waals surface area contributed by atoms with E-state index in [1.54, 1.807) is 6.07 Å². The van der Waals surface area contributed by atoms with Crippen LogP contribution in [0.25, 0.3) is 0 Å². The van der Waals surface area contributed by atoms with Gasteiger partial charge in [-0.15, -0.1) is 0 Å². The Morgan fingerprint density at radius 2 is 1.62 bits per heavy atom. The van der Waals surface area contributed by atoms with Gasteiger partial charge in [-0.2, -0.15) is 15.0 Å². The van der Waals surface area contributed by atoms with Gasteiger partial charge in [-0.25, -0.2) is 0 Å². The molecule has 0 radical (unpaired) electrons. The molecule has 4 rings (SSSR count). The van der Waals surface area contributed by atoms with Crippen LogP contribution in [0.1, 0.15) is 5.82 Å². The second-order valence-corrected chi connectivity index (χ2v) is 7.68. The molecule has 9 heteroatoms. The van der Waals surface area contributed by atoms with Crippen molar-refractivity contribution in [2.75, 3.05) is 42.1 Å². The van der Waals surface area contributed by atoms with E-state index in [4.69, 9.17) is 28.9 Å². The molecule has 0 bridgehead atoms. The van der Waals surface area contributed by atoms with Crippen molar-refractivity contribution in [3.8, 4) is 0 Å². The molecule has 1 fully saturated rings. The first-order chi connectivity index (χ1) is 14.0. The molecule has 0 aliphatic carbocycles. The van der Waals surface area contributed by atoms with Gasteiger partial charge in [0.25, 0.3) is 0 Å². The average Bonchev–Trinajstić information content (AvgIpc) is 2.68. The Labute approximate surface area is 179 Å². The minimum atomic E-state index is 0.192. The van der Waals surface area contributed by atoms with Gasteiger partial charge in [0.1, 0.15) is 5.82 Å². The predicted molar refractivity (Wildman–Crippen MR) is 118 cm³/mol. The second kappa shape index (κ2) is 8.82. The number of hydrogen-bond acceptors (Lipinski definition) is 7. The monoisotopic (exact) mass is 429 g/mol. The van der Waals surface area contributed by atoms with Crippen LogP contribution in [-0.4, -0.2) is 46.0 Å². The molecule has 1 saturated heterocycles. The summed E-state index contributed by atoms with van der Waals surface area (Å²) in [6.07, 6.45) is 0. The molecular weight excluding hydrogens is 409 g/mol. The summed E-state index contributed by atoms with van der Waals surface area (Å²) in [4.78, 5) is 17.6. The summed E-state index contributed by atoms with van der Waals surface area (Å²) in [5.41, 5.74) is 7.84. The number of nitrogens with zero attached hydrogens (tertiary/aromatic N) is 5. The lowest BCUT2D eigenvalue weighted by Crippen LogP contribution is -2.46. The van der Waals surface area contributed by atoms with E-state index in [1.165, 1.54) is 0 Å². The van der Waals surface area contributed by atoms with E-state index in [0.29, 0.717) is 23.3 Å². The van der Waals surface area contributed by atoms with Crippen LogP contribution in [0.5, 0.6) is 0 Å². The zero-order chi connectivity index (χ0) is 20.2. The summed E-state index contributed by atoms with van der Waals surface area (Å²) < 4.78 is 0. The van der Waals surface area contributed by atoms with Crippen molar-refractivity contribution in [3.05, 3.63) is 64.4 Å². The maximum atomic E-state index is 6.11. The van der Waals surface area contributed by atoms with Gasteiger partial charge in [-0.1, -0.05) is 35.3 Å². The molecular formula is C20H21Cl2N7. The SMILES string of the molecule is Nc1nc(CN2CCN(c3cccc(Cl)c3)CC2)nc(Nc2cccc(Cl)c2)n1. The molecule has 1 aliphatic heterocycles. The van der Waals surface area contributed by atoms with E-state index < -0.39 is 0 Å². The number of nitrogen functional groups attached to an aromatic ring is 1. The van der Waals surface area contributed by atoms with Gasteiger partial charge in [-0.3, -0.25) is 4.90 Å². The zero-order valence-corrected chi connectivity index (χ0v) is 17.2. The van der Waals surface area contributed by atoms with E-state index in [1.807, 2.05) is 36.4 Å². The van der Waals surface area contributed by atoms with Crippen molar-refractivity contribution < 1.29 is 0 Å². The van der Waals surface area contributed by atoms with Crippen LogP contribution in [0, 0.1) is 0 Å². The summed E-state index contributed by atoms with van der Waals surface area (Å²) in [6.45, 7) is 4.23. The highest BCUT2D eigenvalue weighted by molar-refractivity contribution is 6.31. The van der Waals surface area contributed by atoms with Crippen molar-refractivity contribution in [2.24, 2.45) is 0 Å². The third-order valence-electron chi connectivity index (χ3n) is 4.69. The molecule has 3 aromatic rings. The van der Waals surface area contributed by atoms with Gasteiger partial charge in [0.2, 0.25) is 11.9 Å². The predicted octanol–water partition coefficient (Wildman–Crippen LogP) is 3.83. The highest BCUT2D eigenvalue weighted by atomic mass is 35.5. The number of nitrogens with one attached hydrogen (secondary N) is 1. The van der Waals surface area contributed by atoms with Crippen LogP contribution in [0.3, 0.4) is 0 Å². The summed E-state index contributed by atoms with van der Waals surface area (Å²) >= 11 is 12.1. The van der Waals surface area contributed by atoms with Crippen LogP contribution in [0.2, 0.25) is 10.0 Å². The van der Waals surface area contributed by atoms with E-state index in [2.05, 4.69) is 36.1 Å². The molecule has 0 atom stereocenters. The molecule has 1 aromatic heterocycles. The molecule has 0 unspecified atom stereocenters. The molecule has 3 N–H and O–H groups in total. The number of halogens is 2. The summed E-state index contributed by atoms with van der Waals surface area (Å²) in [7, 11) is 0. The number of benzene rings is 2. The standard InChI is InChI=1S/C20H21Cl2N7/c21-14-3-1-5-16(11-14)24-20-26-18(25-19(23)27-20)13-28-7-9-29(10-8-28)17-6-2-4-15(22)12-17/h1-6,11-12H,7-10,13H2,(H3,23,24,25,26,27). The zero-order valence-electron chi connectivity index (χ0n) is 15.7. The Morgan fingerprint density at radius 1 is 0.897 bits per heavy atom. The van der Waals surface area contributed by atoms with Gasteiger partial charge in [-0.05, 0) is 36.4 Å². The number of piperazine rings is 1. The Morgan fingerprint density at radius 3 is 2.34 bits per heavy atom. The number of anilines is 4. The van der Waals surface area contributed by atoms with Crippen LogP contribution in [0.4, 0.5) is 23.3 Å². The average molecular weight is 430 g/mol. The fraction of sp³-hybridized carbons (Fsp3) is 0.250. The maximum Gasteiger partial charge on any atom is 0.232 e. The Hall–Kier alpha value is -2.61. The van der Waals surface area contributed by atoms with Crippen LogP contribution < -0.4 is 16.0 Å². The summed E-state index contributed by atoms with van der Waals surface area (Å²) in [6, 6.07) is 15.3. The summed E-state index contributed by atoms with van der Waals surface area (Å²) in [5.74, 6) is 1.24. The van der Waals surface area contributed by atoms with Crippen molar-refractivity contribution in [1.82, 2.24) is 19.9 Å².